The fourth-order valence-electron chi connectivity index (χ4n) is 1.43. The summed E-state index contributed by atoms with van der Waals surface area (Å²) < 4.78 is 4.93. The van der Waals surface area contributed by atoms with Crippen molar-refractivity contribution in [2.24, 2.45) is 0 Å². The van der Waals surface area contributed by atoms with E-state index in [1.54, 1.807) is 26.0 Å². The van der Waals surface area contributed by atoms with Gasteiger partial charge in [0.2, 0.25) is 5.91 Å². The highest BCUT2D eigenvalue weighted by Crippen LogP contribution is 2.02. The van der Waals surface area contributed by atoms with E-state index in [9.17, 15) is 9.59 Å². The molecular weight excluding hydrogens is 248 g/mol. The Balaban J connectivity index is 2.17. The zero-order valence-corrected chi connectivity index (χ0v) is 11.2. The van der Waals surface area contributed by atoms with E-state index in [0.29, 0.717) is 19.4 Å². The number of furan rings is 1. The minimum Gasteiger partial charge on any atom is -0.459 e. The predicted octanol–water partition coefficient (Wildman–Crippen LogP) is 0.677. The highest BCUT2D eigenvalue weighted by atomic mass is 16.3. The van der Waals surface area contributed by atoms with Gasteiger partial charge in [0.05, 0.1) is 18.4 Å². The monoisotopic (exact) mass is 268 g/mol. The Labute approximate surface area is 112 Å². The second-order valence-electron chi connectivity index (χ2n) is 4.93. The number of hydrogen-bond donors (Lipinski definition) is 3. The molecule has 0 spiro atoms. The van der Waals surface area contributed by atoms with Gasteiger partial charge < -0.3 is 20.2 Å². The predicted molar refractivity (Wildman–Crippen MR) is 69.6 cm³/mol. The third kappa shape index (κ3) is 5.56. The maximum Gasteiger partial charge on any atom is 0.286 e. The summed E-state index contributed by atoms with van der Waals surface area (Å²) in [7, 11) is 0. The van der Waals surface area contributed by atoms with Gasteiger partial charge in [-0.25, -0.2) is 0 Å². The first kappa shape index (κ1) is 15.2. The lowest BCUT2D eigenvalue weighted by atomic mass is 10.1. The van der Waals surface area contributed by atoms with Gasteiger partial charge in [0.1, 0.15) is 0 Å². The SMILES string of the molecule is CC(C)(CO)NC(=O)CCCNC(=O)c1ccco1. The molecule has 1 aromatic heterocycles. The molecular formula is C13H20N2O4. The Bertz CT molecular complexity index is 412. The van der Waals surface area contributed by atoms with Crippen LogP contribution >= 0.6 is 0 Å². The third-order valence-corrected chi connectivity index (χ3v) is 2.48. The van der Waals surface area contributed by atoms with E-state index in [4.69, 9.17) is 9.52 Å². The van der Waals surface area contributed by atoms with E-state index in [-0.39, 0.29) is 24.2 Å². The van der Waals surface area contributed by atoms with E-state index >= 15 is 0 Å². The number of carbonyl (C=O) groups is 2. The zero-order valence-electron chi connectivity index (χ0n) is 11.2. The summed E-state index contributed by atoms with van der Waals surface area (Å²) in [6.45, 7) is 3.76. The molecule has 3 N–H and O–H groups in total. The van der Waals surface area contributed by atoms with Crippen molar-refractivity contribution >= 4 is 11.8 Å². The minimum absolute atomic E-state index is 0.117. The molecule has 1 heterocycles. The fraction of sp³-hybridized carbons (Fsp3) is 0.538. The highest BCUT2D eigenvalue weighted by molar-refractivity contribution is 5.91. The first-order valence-corrected chi connectivity index (χ1v) is 6.18. The molecule has 0 aliphatic carbocycles. The summed E-state index contributed by atoms with van der Waals surface area (Å²) in [6.07, 6.45) is 2.25. The van der Waals surface area contributed by atoms with Crippen LogP contribution in [0.3, 0.4) is 0 Å². The molecule has 0 aliphatic heterocycles. The summed E-state index contributed by atoms with van der Waals surface area (Å²) >= 11 is 0. The van der Waals surface area contributed by atoms with Crippen molar-refractivity contribution in [1.29, 1.82) is 0 Å². The molecule has 0 saturated carbocycles. The van der Waals surface area contributed by atoms with Gasteiger partial charge in [-0.3, -0.25) is 9.59 Å². The van der Waals surface area contributed by atoms with Gasteiger partial charge in [-0.15, -0.1) is 0 Å². The van der Waals surface area contributed by atoms with Gasteiger partial charge in [-0.05, 0) is 32.4 Å². The number of rotatable bonds is 7. The molecule has 0 aliphatic rings. The second kappa shape index (κ2) is 6.94. The molecule has 0 atom stereocenters. The molecule has 0 unspecified atom stereocenters. The summed E-state index contributed by atoms with van der Waals surface area (Å²) in [5, 5.41) is 14.4. The standard InChI is InChI=1S/C13H20N2O4/c1-13(2,9-16)15-11(17)6-3-7-14-12(18)10-5-4-8-19-10/h4-5,8,16H,3,6-7,9H2,1-2H3,(H,14,18)(H,15,17). The van der Waals surface area contributed by atoms with Gasteiger partial charge >= 0.3 is 0 Å². The van der Waals surface area contributed by atoms with Gasteiger partial charge in [0, 0.05) is 13.0 Å². The fourth-order valence-corrected chi connectivity index (χ4v) is 1.43. The molecule has 0 aromatic carbocycles. The van der Waals surface area contributed by atoms with Crippen LogP contribution in [0, 0.1) is 0 Å². The number of nitrogens with one attached hydrogen (secondary N) is 2. The summed E-state index contributed by atoms with van der Waals surface area (Å²) in [6, 6.07) is 3.21. The number of amides is 2. The first-order chi connectivity index (χ1) is 8.94. The highest BCUT2D eigenvalue weighted by Gasteiger charge is 2.18. The van der Waals surface area contributed by atoms with Crippen molar-refractivity contribution < 1.29 is 19.1 Å². The van der Waals surface area contributed by atoms with Crippen LogP contribution in [0.15, 0.2) is 22.8 Å². The quantitative estimate of drug-likeness (QED) is 0.634. The topological polar surface area (TPSA) is 91.6 Å². The van der Waals surface area contributed by atoms with Gasteiger partial charge in [-0.2, -0.15) is 0 Å². The van der Waals surface area contributed by atoms with Crippen LogP contribution in [0.1, 0.15) is 37.2 Å². The smallest absolute Gasteiger partial charge is 0.286 e. The van der Waals surface area contributed by atoms with Gasteiger partial charge in [0.15, 0.2) is 5.76 Å². The number of carbonyl (C=O) groups excluding carboxylic acids is 2. The Morgan fingerprint density at radius 3 is 2.74 bits per heavy atom. The number of aliphatic hydroxyl groups excluding tert-OH is 1. The summed E-state index contributed by atoms with van der Waals surface area (Å²) in [4.78, 5) is 23.0. The average Bonchev–Trinajstić information content (AvgIpc) is 2.87. The number of hydrogen-bond acceptors (Lipinski definition) is 4. The summed E-state index contributed by atoms with van der Waals surface area (Å²) in [5.41, 5.74) is -0.617. The van der Waals surface area contributed by atoms with Crippen LogP contribution < -0.4 is 10.6 Å². The van der Waals surface area contributed by atoms with Crippen LogP contribution in [0.4, 0.5) is 0 Å². The van der Waals surface area contributed by atoms with E-state index in [0.717, 1.165) is 0 Å². The van der Waals surface area contributed by atoms with Crippen molar-refractivity contribution in [3.8, 4) is 0 Å². The Morgan fingerprint density at radius 2 is 2.16 bits per heavy atom. The van der Waals surface area contributed by atoms with Crippen LogP contribution in [0.5, 0.6) is 0 Å². The van der Waals surface area contributed by atoms with Gasteiger partial charge in [0.25, 0.3) is 5.91 Å². The van der Waals surface area contributed by atoms with Crippen molar-refractivity contribution in [2.45, 2.75) is 32.2 Å². The normalized spacial score (nSPS) is 11.1. The third-order valence-electron chi connectivity index (χ3n) is 2.48. The minimum atomic E-state index is -0.617. The molecule has 1 rings (SSSR count). The lowest BCUT2D eigenvalue weighted by Crippen LogP contribution is -2.46. The Kier molecular flexibility index (Phi) is 5.57. The molecule has 6 heteroatoms. The Morgan fingerprint density at radius 1 is 1.42 bits per heavy atom. The zero-order chi connectivity index (χ0) is 14.3. The van der Waals surface area contributed by atoms with E-state index < -0.39 is 5.54 Å². The molecule has 0 bridgehead atoms. The molecule has 0 saturated heterocycles. The molecule has 106 valence electrons. The van der Waals surface area contributed by atoms with Crippen LogP contribution in [-0.2, 0) is 4.79 Å². The van der Waals surface area contributed by atoms with Crippen LogP contribution in [0.25, 0.3) is 0 Å². The molecule has 19 heavy (non-hydrogen) atoms. The van der Waals surface area contributed by atoms with E-state index in [1.807, 2.05) is 0 Å². The lowest BCUT2D eigenvalue weighted by Gasteiger charge is -2.23. The van der Waals surface area contributed by atoms with E-state index in [2.05, 4.69) is 10.6 Å². The first-order valence-electron chi connectivity index (χ1n) is 6.18. The molecule has 6 nitrogen and oxygen atoms in total. The average molecular weight is 268 g/mol. The molecule has 0 fully saturated rings. The van der Waals surface area contributed by atoms with Crippen molar-refractivity contribution in [3.63, 3.8) is 0 Å². The molecule has 1 aromatic rings. The second-order valence-corrected chi connectivity index (χ2v) is 4.93. The van der Waals surface area contributed by atoms with Crippen LogP contribution in [0.2, 0.25) is 0 Å². The van der Waals surface area contributed by atoms with Crippen molar-refractivity contribution in [2.75, 3.05) is 13.2 Å². The van der Waals surface area contributed by atoms with E-state index in [1.165, 1.54) is 6.26 Å². The summed E-state index contributed by atoms with van der Waals surface area (Å²) in [5.74, 6) is -0.182. The molecule has 2 amide bonds. The molecule has 0 radical (unpaired) electrons. The van der Waals surface area contributed by atoms with Crippen molar-refractivity contribution in [3.05, 3.63) is 24.2 Å². The van der Waals surface area contributed by atoms with Gasteiger partial charge in [-0.1, -0.05) is 0 Å². The maximum atomic E-state index is 11.5. The lowest BCUT2D eigenvalue weighted by molar-refractivity contribution is -0.123. The van der Waals surface area contributed by atoms with Crippen LogP contribution in [-0.4, -0.2) is 35.6 Å². The Hall–Kier alpha value is -1.82. The maximum absolute atomic E-state index is 11.5. The van der Waals surface area contributed by atoms with Crippen molar-refractivity contribution in [1.82, 2.24) is 10.6 Å². The largest absolute Gasteiger partial charge is 0.459 e. The number of aliphatic hydroxyl groups is 1.